The Hall–Kier alpha value is -2.30. The number of benzene rings is 1. The molecule has 3 rings (SSSR count). The van der Waals surface area contributed by atoms with E-state index in [2.05, 4.69) is 17.4 Å². The van der Waals surface area contributed by atoms with E-state index in [1.165, 1.54) is 5.56 Å². The Bertz CT molecular complexity index is 778. The summed E-state index contributed by atoms with van der Waals surface area (Å²) >= 11 is 0. The Kier molecular flexibility index (Phi) is 4.60. The van der Waals surface area contributed by atoms with Crippen molar-refractivity contribution >= 4 is 22.7 Å². The number of aryl methyl sites for hydroxylation is 2. The third-order valence-corrected chi connectivity index (χ3v) is 4.81. The van der Waals surface area contributed by atoms with Crippen molar-refractivity contribution in [3.05, 3.63) is 35.5 Å². The zero-order valence-electron chi connectivity index (χ0n) is 14.6. The predicted molar refractivity (Wildman–Crippen MR) is 95.0 cm³/mol. The molecule has 0 aliphatic carbocycles. The summed E-state index contributed by atoms with van der Waals surface area (Å²) in [6.45, 7) is 5.94. The fourth-order valence-corrected chi connectivity index (χ4v) is 3.39. The first-order valence-corrected chi connectivity index (χ1v) is 8.64. The van der Waals surface area contributed by atoms with Gasteiger partial charge in [-0.3, -0.25) is 9.59 Å². The normalized spacial score (nSPS) is 17.5. The van der Waals surface area contributed by atoms with Crippen LogP contribution in [0.15, 0.2) is 24.3 Å². The molecule has 1 saturated heterocycles. The van der Waals surface area contributed by atoms with Crippen LogP contribution in [-0.2, 0) is 11.8 Å². The minimum absolute atomic E-state index is 0.0112. The number of aromatic nitrogens is 1. The number of carbonyl (C=O) groups excluding carboxylic acids is 2. The molecule has 1 fully saturated rings. The second-order valence-corrected chi connectivity index (χ2v) is 6.68. The first kappa shape index (κ1) is 16.6. The van der Waals surface area contributed by atoms with Crippen molar-refractivity contribution in [3.8, 4) is 0 Å². The average molecular weight is 327 g/mol. The van der Waals surface area contributed by atoms with Crippen molar-refractivity contribution in [3.63, 3.8) is 0 Å². The van der Waals surface area contributed by atoms with E-state index in [9.17, 15) is 9.59 Å². The standard InChI is InChI=1S/C19H25N3O2/c1-4-8-20-18(23)14-7-9-22(12-14)19(24)17-11-15-10-13(2)5-6-16(15)21(17)3/h5-6,10-11,14H,4,7-9,12H2,1-3H3,(H,20,23)/t14-/m0/s1. The summed E-state index contributed by atoms with van der Waals surface area (Å²) in [5.74, 6) is -0.00519. The van der Waals surface area contributed by atoms with Crippen LogP contribution < -0.4 is 5.32 Å². The summed E-state index contributed by atoms with van der Waals surface area (Å²) in [5.41, 5.74) is 2.92. The Balaban J connectivity index is 1.76. The van der Waals surface area contributed by atoms with Crippen molar-refractivity contribution in [2.24, 2.45) is 13.0 Å². The molecule has 1 aromatic carbocycles. The quantitative estimate of drug-likeness (QED) is 0.938. The van der Waals surface area contributed by atoms with E-state index < -0.39 is 0 Å². The maximum Gasteiger partial charge on any atom is 0.270 e. The van der Waals surface area contributed by atoms with Crippen LogP contribution >= 0.6 is 0 Å². The monoisotopic (exact) mass is 327 g/mol. The van der Waals surface area contributed by atoms with E-state index in [0.717, 1.165) is 23.7 Å². The molecule has 24 heavy (non-hydrogen) atoms. The number of nitrogens with one attached hydrogen (secondary N) is 1. The zero-order chi connectivity index (χ0) is 17.3. The molecule has 0 spiro atoms. The van der Waals surface area contributed by atoms with Crippen LogP contribution in [-0.4, -0.2) is 40.9 Å². The highest BCUT2D eigenvalue weighted by molar-refractivity contribution is 5.99. The van der Waals surface area contributed by atoms with E-state index in [0.29, 0.717) is 25.3 Å². The summed E-state index contributed by atoms with van der Waals surface area (Å²) in [7, 11) is 1.92. The largest absolute Gasteiger partial charge is 0.356 e. The molecule has 0 bridgehead atoms. The van der Waals surface area contributed by atoms with Gasteiger partial charge in [0.05, 0.1) is 5.92 Å². The molecule has 0 radical (unpaired) electrons. The van der Waals surface area contributed by atoms with Crippen LogP contribution in [0.1, 0.15) is 35.8 Å². The summed E-state index contributed by atoms with van der Waals surface area (Å²) in [6, 6.07) is 8.15. The van der Waals surface area contributed by atoms with Gasteiger partial charge >= 0.3 is 0 Å². The van der Waals surface area contributed by atoms with Gasteiger partial charge in [0.25, 0.3) is 5.91 Å². The number of rotatable bonds is 4. The molecule has 2 aromatic rings. The van der Waals surface area contributed by atoms with Gasteiger partial charge in [0.15, 0.2) is 0 Å². The highest BCUT2D eigenvalue weighted by Crippen LogP contribution is 2.24. The van der Waals surface area contributed by atoms with Crippen molar-refractivity contribution in [1.82, 2.24) is 14.8 Å². The highest BCUT2D eigenvalue weighted by Gasteiger charge is 2.32. The van der Waals surface area contributed by atoms with E-state index >= 15 is 0 Å². The molecule has 1 aliphatic rings. The maximum absolute atomic E-state index is 12.9. The Morgan fingerprint density at radius 1 is 1.29 bits per heavy atom. The zero-order valence-corrected chi connectivity index (χ0v) is 14.6. The molecule has 2 amide bonds. The highest BCUT2D eigenvalue weighted by atomic mass is 16.2. The van der Waals surface area contributed by atoms with Gasteiger partial charge in [0, 0.05) is 37.6 Å². The van der Waals surface area contributed by atoms with E-state index in [1.54, 1.807) is 4.90 Å². The maximum atomic E-state index is 12.9. The van der Waals surface area contributed by atoms with Crippen LogP contribution in [0.25, 0.3) is 10.9 Å². The van der Waals surface area contributed by atoms with Crippen molar-refractivity contribution < 1.29 is 9.59 Å². The van der Waals surface area contributed by atoms with E-state index in [4.69, 9.17) is 0 Å². The summed E-state index contributed by atoms with van der Waals surface area (Å²) in [6.07, 6.45) is 1.67. The van der Waals surface area contributed by atoms with Gasteiger partial charge < -0.3 is 14.8 Å². The average Bonchev–Trinajstić information content (AvgIpc) is 3.17. The molecule has 2 heterocycles. The van der Waals surface area contributed by atoms with Crippen molar-refractivity contribution in [2.45, 2.75) is 26.7 Å². The molecule has 5 heteroatoms. The minimum atomic E-state index is -0.0857. The number of fused-ring (bicyclic) bond motifs is 1. The molecule has 0 saturated carbocycles. The topological polar surface area (TPSA) is 54.3 Å². The van der Waals surface area contributed by atoms with Gasteiger partial charge in [-0.2, -0.15) is 0 Å². The molecule has 1 N–H and O–H groups in total. The lowest BCUT2D eigenvalue weighted by Gasteiger charge is -2.17. The third-order valence-electron chi connectivity index (χ3n) is 4.81. The van der Waals surface area contributed by atoms with Crippen LogP contribution in [0, 0.1) is 12.8 Å². The number of hydrogen-bond donors (Lipinski definition) is 1. The Morgan fingerprint density at radius 2 is 2.08 bits per heavy atom. The Morgan fingerprint density at radius 3 is 2.83 bits per heavy atom. The van der Waals surface area contributed by atoms with Crippen LogP contribution in [0.2, 0.25) is 0 Å². The SMILES string of the molecule is CCCNC(=O)[C@H]1CCN(C(=O)c2cc3cc(C)ccc3n2C)C1. The molecule has 128 valence electrons. The summed E-state index contributed by atoms with van der Waals surface area (Å²) in [5, 5.41) is 4.01. The van der Waals surface area contributed by atoms with Gasteiger partial charge in [-0.1, -0.05) is 18.6 Å². The molecule has 0 unspecified atom stereocenters. The minimum Gasteiger partial charge on any atom is -0.356 e. The molecule has 5 nitrogen and oxygen atoms in total. The fourth-order valence-electron chi connectivity index (χ4n) is 3.39. The molecule has 1 aromatic heterocycles. The van der Waals surface area contributed by atoms with Crippen molar-refractivity contribution in [1.29, 1.82) is 0 Å². The molecular weight excluding hydrogens is 302 g/mol. The van der Waals surface area contributed by atoms with E-state index in [-0.39, 0.29) is 17.7 Å². The smallest absolute Gasteiger partial charge is 0.270 e. The number of likely N-dealkylation sites (tertiary alicyclic amines) is 1. The summed E-state index contributed by atoms with van der Waals surface area (Å²) in [4.78, 5) is 26.8. The van der Waals surface area contributed by atoms with Crippen LogP contribution in [0.4, 0.5) is 0 Å². The lowest BCUT2D eigenvalue weighted by Crippen LogP contribution is -2.35. The van der Waals surface area contributed by atoms with Gasteiger partial charge in [0.2, 0.25) is 5.91 Å². The first-order valence-electron chi connectivity index (χ1n) is 8.64. The van der Waals surface area contributed by atoms with Crippen LogP contribution in [0.3, 0.4) is 0 Å². The molecule has 1 atom stereocenters. The van der Waals surface area contributed by atoms with Crippen LogP contribution in [0.5, 0.6) is 0 Å². The summed E-state index contributed by atoms with van der Waals surface area (Å²) < 4.78 is 1.95. The second-order valence-electron chi connectivity index (χ2n) is 6.68. The van der Waals surface area contributed by atoms with Gasteiger partial charge in [0.1, 0.15) is 5.69 Å². The fraction of sp³-hybridized carbons (Fsp3) is 0.474. The van der Waals surface area contributed by atoms with Gasteiger partial charge in [-0.05, 0) is 38.0 Å². The third kappa shape index (κ3) is 3.03. The number of amides is 2. The number of hydrogen-bond acceptors (Lipinski definition) is 2. The van der Waals surface area contributed by atoms with Crippen molar-refractivity contribution in [2.75, 3.05) is 19.6 Å². The van der Waals surface area contributed by atoms with Gasteiger partial charge in [-0.15, -0.1) is 0 Å². The number of carbonyl (C=O) groups is 2. The molecule has 1 aliphatic heterocycles. The first-order chi connectivity index (χ1) is 11.5. The van der Waals surface area contributed by atoms with E-state index in [1.807, 2.05) is 37.6 Å². The second kappa shape index (κ2) is 6.67. The Labute approximate surface area is 142 Å². The predicted octanol–water partition coefficient (Wildman–Crippen LogP) is 2.48. The molecular formula is C19H25N3O2. The lowest BCUT2D eigenvalue weighted by atomic mass is 10.1. The van der Waals surface area contributed by atoms with Gasteiger partial charge in [-0.25, -0.2) is 0 Å². The lowest BCUT2D eigenvalue weighted by molar-refractivity contribution is -0.124. The number of nitrogens with zero attached hydrogens (tertiary/aromatic N) is 2.